The lowest BCUT2D eigenvalue weighted by Gasteiger charge is -1.97. The molecule has 1 aromatic carbocycles. The van der Waals surface area contributed by atoms with Crippen LogP contribution < -0.4 is 0 Å². The number of aryl methyl sites for hydroxylation is 1. The Hall–Kier alpha value is -1.78. The van der Waals surface area contributed by atoms with Crippen LogP contribution >= 0.6 is 0 Å². The average molecular weight is 196 g/mol. The van der Waals surface area contributed by atoms with Gasteiger partial charge in [0.2, 0.25) is 5.89 Å². The molecule has 0 amide bonds. The minimum atomic E-state index is -0.714. The van der Waals surface area contributed by atoms with Gasteiger partial charge in [-0.15, -0.1) is 10.2 Å². The normalized spacial score (nSPS) is 10.5. The van der Waals surface area contributed by atoms with E-state index in [2.05, 4.69) is 10.2 Å². The van der Waals surface area contributed by atoms with E-state index >= 15 is 0 Å². The maximum Gasteiger partial charge on any atom is 0.253 e. The molecule has 0 N–H and O–H groups in total. The summed E-state index contributed by atoms with van der Waals surface area (Å²) >= 11 is 0. The van der Waals surface area contributed by atoms with Gasteiger partial charge in [-0.25, -0.2) is 8.78 Å². The van der Waals surface area contributed by atoms with E-state index in [0.717, 1.165) is 12.1 Å². The minimum absolute atomic E-state index is 0.141. The SMILES string of the molecule is Cc1nnc(-c2c(F)cccc2F)o1. The highest BCUT2D eigenvalue weighted by molar-refractivity contribution is 5.54. The zero-order chi connectivity index (χ0) is 10.1. The zero-order valence-corrected chi connectivity index (χ0v) is 7.29. The van der Waals surface area contributed by atoms with Crippen LogP contribution in [0.5, 0.6) is 0 Å². The maximum atomic E-state index is 13.2. The van der Waals surface area contributed by atoms with Crippen LogP contribution in [0.1, 0.15) is 5.89 Å². The highest BCUT2D eigenvalue weighted by atomic mass is 19.1. The van der Waals surface area contributed by atoms with Gasteiger partial charge in [-0.3, -0.25) is 0 Å². The van der Waals surface area contributed by atoms with E-state index in [1.807, 2.05) is 0 Å². The van der Waals surface area contributed by atoms with Crippen molar-refractivity contribution in [3.8, 4) is 11.5 Å². The highest BCUT2D eigenvalue weighted by Gasteiger charge is 2.16. The zero-order valence-electron chi connectivity index (χ0n) is 7.29. The van der Waals surface area contributed by atoms with Crippen LogP contribution in [0.25, 0.3) is 11.5 Å². The summed E-state index contributed by atoms with van der Waals surface area (Å²) in [6.45, 7) is 1.55. The number of hydrogen-bond donors (Lipinski definition) is 0. The molecule has 0 unspecified atom stereocenters. The molecule has 14 heavy (non-hydrogen) atoms. The Morgan fingerprint density at radius 2 is 1.79 bits per heavy atom. The van der Waals surface area contributed by atoms with Crippen molar-refractivity contribution in [2.45, 2.75) is 6.92 Å². The molecule has 1 aromatic heterocycles. The fourth-order valence-corrected chi connectivity index (χ4v) is 1.10. The van der Waals surface area contributed by atoms with Crippen molar-refractivity contribution in [2.75, 3.05) is 0 Å². The molecule has 2 rings (SSSR count). The van der Waals surface area contributed by atoms with Crippen molar-refractivity contribution in [1.82, 2.24) is 10.2 Å². The molecule has 0 fully saturated rings. The van der Waals surface area contributed by atoms with Gasteiger partial charge in [-0.2, -0.15) is 0 Å². The lowest BCUT2D eigenvalue weighted by atomic mass is 10.2. The monoisotopic (exact) mass is 196 g/mol. The molecule has 0 radical (unpaired) electrons. The second kappa shape index (κ2) is 3.17. The van der Waals surface area contributed by atoms with E-state index in [9.17, 15) is 8.78 Å². The fraction of sp³-hybridized carbons (Fsp3) is 0.111. The largest absolute Gasteiger partial charge is 0.421 e. The fourth-order valence-electron chi connectivity index (χ4n) is 1.10. The van der Waals surface area contributed by atoms with Crippen LogP contribution in [0.3, 0.4) is 0 Å². The third-order valence-electron chi connectivity index (χ3n) is 1.70. The third-order valence-corrected chi connectivity index (χ3v) is 1.70. The summed E-state index contributed by atoms with van der Waals surface area (Å²) in [7, 11) is 0. The Morgan fingerprint density at radius 3 is 2.29 bits per heavy atom. The van der Waals surface area contributed by atoms with Gasteiger partial charge in [-0.05, 0) is 12.1 Å². The first-order valence-electron chi connectivity index (χ1n) is 3.93. The Bertz CT molecular complexity index is 447. The quantitative estimate of drug-likeness (QED) is 0.702. The average Bonchev–Trinajstić information content (AvgIpc) is 2.51. The lowest BCUT2D eigenvalue weighted by Crippen LogP contribution is -1.89. The molecule has 0 spiro atoms. The van der Waals surface area contributed by atoms with Gasteiger partial charge >= 0.3 is 0 Å². The second-order valence-electron chi connectivity index (χ2n) is 2.72. The Balaban J connectivity index is 2.61. The first-order valence-corrected chi connectivity index (χ1v) is 3.93. The van der Waals surface area contributed by atoms with Crippen LogP contribution in [-0.2, 0) is 0 Å². The van der Waals surface area contributed by atoms with Gasteiger partial charge in [-0.1, -0.05) is 6.07 Å². The molecule has 0 atom stereocenters. The topological polar surface area (TPSA) is 38.9 Å². The first kappa shape index (κ1) is 8.80. The smallest absolute Gasteiger partial charge is 0.253 e. The lowest BCUT2D eigenvalue weighted by molar-refractivity contribution is 0.516. The van der Waals surface area contributed by atoms with E-state index in [1.54, 1.807) is 6.92 Å². The van der Waals surface area contributed by atoms with Crippen LogP contribution in [0.15, 0.2) is 22.6 Å². The van der Waals surface area contributed by atoms with Crippen molar-refractivity contribution in [1.29, 1.82) is 0 Å². The molecule has 0 aliphatic carbocycles. The molecule has 3 nitrogen and oxygen atoms in total. The van der Waals surface area contributed by atoms with Gasteiger partial charge < -0.3 is 4.42 Å². The van der Waals surface area contributed by atoms with Gasteiger partial charge in [0.25, 0.3) is 5.89 Å². The summed E-state index contributed by atoms with van der Waals surface area (Å²) in [6, 6.07) is 3.55. The van der Waals surface area contributed by atoms with E-state index in [4.69, 9.17) is 4.42 Å². The molecule has 0 saturated carbocycles. The Morgan fingerprint density at radius 1 is 1.14 bits per heavy atom. The molecule has 5 heteroatoms. The second-order valence-corrected chi connectivity index (χ2v) is 2.72. The molecular formula is C9H6F2N2O. The number of aromatic nitrogens is 2. The van der Waals surface area contributed by atoms with Crippen molar-refractivity contribution in [3.63, 3.8) is 0 Å². The molecule has 72 valence electrons. The number of benzene rings is 1. The number of nitrogens with zero attached hydrogens (tertiary/aromatic N) is 2. The molecular weight excluding hydrogens is 190 g/mol. The molecule has 0 aliphatic rings. The standard InChI is InChI=1S/C9H6F2N2O/c1-5-12-13-9(14-5)8-6(10)3-2-4-7(8)11/h2-4H,1H3. The maximum absolute atomic E-state index is 13.2. The highest BCUT2D eigenvalue weighted by Crippen LogP contribution is 2.24. The van der Waals surface area contributed by atoms with Crippen molar-refractivity contribution >= 4 is 0 Å². The first-order chi connectivity index (χ1) is 6.68. The van der Waals surface area contributed by atoms with E-state index in [0.29, 0.717) is 0 Å². The van der Waals surface area contributed by atoms with Crippen LogP contribution in [0.2, 0.25) is 0 Å². The van der Waals surface area contributed by atoms with Gasteiger partial charge in [0.1, 0.15) is 17.2 Å². The van der Waals surface area contributed by atoms with E-state index < -0.39 is 11.6 Å². The predicted molar refractivity (Wildman–Crippen MR) is 44.4 cm³/mol. The summed E-state index contributed by atoms with van der Waals surface area (Å²) in [6.07, 6.45) is 0. The molecule has 2 aromatic rings. The van der Waals surface area contributed by atoms with Crippen molar-refractivity contribution in [2.24, 2.45) is 0 Å². The predicted octanol–water partition coefficient (Wildman–Crippen LogP) is 2.32. The van der Waals surface area contributed by atoms with Crippen LogP contribution in [-0.4, -0.2) is 10.2 Å². The van der Waals surface area contributed by atoms with E-state index in [-0.39, 0.29) is 17.3 Å². The number of halogens is 2. The molecule has 0 bridgehead atoms. The van der Waals surface area contributed by atoms with Gasteiger partial charge in [0.15, 0.2) is 0 Å². The van der Waals surface area contributed by atoms with Gasteiger partial charge in [0.05, 0.1) is 0 Å². The molecule has 1 heterocycles. The molecule has 0 aliphatic heterocycles. The summed E-state index contributed by atoms with van der Waals surface area (Å²) in [5.74, 6) is -1.30. The summed E-state index contributed by atoms with van der Waals surface area (Å²) in [5, 5.41) is 7.04. The van der Waals surface area contributed by atoms with Crippen LogP contribution in [0.4, 0.5) is 8.78 Å². The summed E-state index contributed by atoms with van der Waals surface area (Å²) in [4.78, 5) is 0. The summed E-state index contributed by atoms with van der Waals surface area (Å²) in [5.41, 5.74) is -0.284. The van der Waals surface area contributed by atoms with Gasteiger partial charge in [0, 0.05) is 6.92 Å². The minimum Gasteiger partial charge on any atom is -0.421 e. The Labute approximate surface area is 78.4 Å². The number of hydrogen-bond acceptors (Lipinski definition) is 3. The summed E-state index contributed by atoms with van der Waals surface area (Å²) < 4.78 is 31.3. The Kier molecular flexibility index (Phi) is 1.99. The number of rotatable bonds is 1. The molecule has 0 saturated heterocycles. The van der Waals surface area contributed by atoms with Crippen molar-refractivity contribution < 1.29 is 13.2 Å². The van der Waals surface area contributed by atoms with E-state index in [1.165, 1.54) is 6.07 Å². The van der Waals surface area contributed by atoms with Crippen molar-refractivity contribution in [3.05, 3.63) is 35.7 Å². The van der Waals surface area contributed by atoms with Crippen LogP contribution in [0, 0.1) is 18.6 Å². The third kappa shape index (κ3) is 1.37.